The number of hydrogen-bond acceptors (Lipinski definition) is 8. The van der Waals surface area contributed by atoms with Crippen LogP contribution in [-0.2, 0) is 35.6 Å². The molecule has 1 N–H and O–H groups in total. The minimum Gasteiger partial charge on any atom is -0.504 e. The number of ketones is 1. The number of fused-ring (bicyclic) bond motifs is 1. The van der Waals surface area contributed by atoms with E-state index in [-0.39, 0.29) is 35.9 Å². The highest BCUT2D eigenvalue weighted by Crippen LogP contribution is 2.57. The van der Waals surface area contributed by atoms with Gasteiger partial charge in [-0.25, -0.2) is 9.59 Å². The Morgan fingerprint density at radius 1 is 1.13 bits per heavy atom. The van der Waals surface area contributed by atoms with Crippen LogP contribution in [0.4, 0.5) is 4.79 Å². The summed E-state index contributed by atoms with van der Waals surface area (Å²) in [4.78, 5) is 39.4. The summed E-state index contributed by atoms with van der Waals surface area (Å²) >= 11 is 0. The van der Waals surface area contributed by atoms with E-state index in [0.717, 1.165) is 5.56 Å². The zero-order chi connectivity index (χ0) is 22.5. The SMILES string of the molecule is COC(=O)C1C[C@]23C=C(OC)C(=O)C=C2[C@@H](Cc2ccc(OC)c(O)c23)N1C(=O)OC. The molecule has 0 radical (unpaired) electrons. The van der Waals surface area contributed by atoms with Crippen molar-refractivity contribution in [2.24, 2.45) is 0 Å². The van der Waals surface area contributed by atoms with Crippen molar-refractivity contribution in [2.45, 2.75) is 30.3 Å². The average molecular weight is 429 g/mol. The Morgan fingerprint density at radius 3 is 2.48 bits per heavy atom. The van der Waals surface area contributed by atoms with Crippen LogP contribution in [0.3, 0.4) is 0 Å². The third-order valence-electron chi connectivity index (χ3n) is 6.35. The van der Waals surface area contributed by atoms with Gasteiger partial charge >= 0.3 is 12.1 Å². The molecule has 1 fully saturated rings. The molecule has 1 aromatic rings. The molecule has 1 amide bonds. The number of benzene rings is 1. The minimum atomic E-state index is -1.07. The van der Waals surface area contributed by atoms with Crippen LogP contribution in [0.2, 0.25) is 0 Å². The number of phenols is 1. The Labute approximate surface area is 178 Å². The lowest BCUT2D eigenvalue weighted by atomic mass is 9.57. The number of amides is 1. The second-order valence-electron chi connectivity index (χ2n) is 7.64. The summed E-state index contributed by atoms with van der Waals surface area (Å²) in [6.07, 6.45) is 2.65. The van der Waals surface area contributed by atoms with Crippen molar-refractivity contribution in [1.82, 2.24) is 4.90 Å². The lowest BCUT2D eigenvalue weighted by Gasteiger charge is -2.54. The zero-order valence-corrected chi connectivity index (χ0v) is 17.6. The van der Waals surface area contributed by atoms with Gasteiger partial charge in [-0.1, -0.05) is 6.07 Å². The molecule has 1 aromatic carbocycles. The molecule has 0 saturated carbocycles. The zero-order valence-electron chi connectivity index (χ0n) is 17.6. The van der Waals surface area contributed by atoms with Crippen LogP contribution in [0.15, 0.2) is 35.6 Å². The van der Waals surface area contributed by atoms with Crippen molar-refractivity contribution in [2.75, 3.05) is 28.4 Å². The first-order chi connectivity index (χ1) is 14.8. The van der Waals surface area contributed by atoms with E-state index in [0.29, 0.717) is 11.1 Å². The van der Waals surface area contributed by atoms with Crippen molar-refractivity contribution in [1.29, 1.82) is 0 Å². The molecule has 0 aromatic heterocycles. The molecule has 1 heterocycles. The summed E-state index contributed by atoms with van der Waals surface area (Å²) in [7, 11) is 5.30. The number of aromatic hydroxyl groups is 1. The summed E-state index contributed by atoms with van der Waals surface area (Å²) in [5.74, 6) is -0.706. The monoisotopic (exact) mass is 429 g/mol. The van der Waals surface area contributed by atoms with Gasteiger partial charge in [0.1, 0.15) is 6.04 Å². The van der Waals surface area contributed by atoms with E-state index in [9.17, 15) is 19.5 Å². The van der Waals surface area contributed by atoms with Gasteiger partial charge < -0.3 is 24.1 Å². The molecule has 9 heteroatoms. The molecule has 31 heavy (non-hydrogen) atoms. The minimum absolute atomic E-state index is 0.0327. The van der Waals surface area contributed by atoms with Gasteiger partial charge in [0.2, 0.25) is 5.78 Å². The maximum absolute atomic E-state index is 12.7. The number of phenolic OH excluding ortho intramolecular Hbond substituents is 1. The lowest BCUT2D eigenvalue weighted by molar-refractivity contribution is -0.148. The van der Waals surface area contributed by atoms with E-state index in [1.54, 1.807) is 12.1 Å². The van der Waals surface area contributed by atoms with E-state index in [4.69, 9.17) is 18.9 Å². The third kappa shape index (κ3) is 2.79. The smallest absolute Gasteiger partial charge is 0.410 e. The summed E-state index contributed by atoms with van der Waals surface area (Å²) in [6.45, 7) is 0. The van der Waals surface area contributed by atoms with Gasteiger partial charge in [0, 0.05) is 11.0 Å². The molecule has 4 rings (SSSR count). The summed E-state index contributed by atoms with van der Waals surface area (Å²) in [5.41, 5.74) is 0.799. The van der Waals surface area contributed by atoms with E-state index < -0.39 is 29.6 Å². The number of carbonyl (C=O) groups is 3. The summed E-state index contributed by atoms with van der Waals surface area (Å²) < 4.78 is 20.5. The number of carbonyl (C=O) groups excluding carboxylic acids is 3. The fourth-order valence-corrected chi connectivity index (χ4v) is 5.09. The number of piperidine rings is 1. The first kappa shape index (κ1) is 20.8. The number of allylic oxidation sites excluding steroid dienone is 2. The molecule has 3 atom stereocenters. The number of hydrogen-bond donors (Lipinski definition) is 1. The predicted octanol–water partition coefficient (Wildman–Crippen LogP) is 1.62. The Bertz CT molecular complexity index is 1040. The van der Waals surface area contributed by atoms with Gasteiger partial charge in [0.05, 0.1) is 34.5 Å². The number of esters is 1. The fourth-order valence-electron chi connectivity index (χ4n) is 5.09. The fraction of sp³-hybridized carbons (Fsp3) is 0.409. The molecule has 9 nitrogen and oxygen atoms in total. The highest BCUT2D eigenvalue weighted by Gasteiger charge is 2.58. The molecule has 3 aliphatic rings. The topological polar surface area (TPSA) is 112 Å². The van der Waals surface area contributed by atoms with Crippen LogP contribution >= 0.6 is 0 Å². The first-order valence-corrected chi connectivity index (χ1v) is 9.69. The van der Waals surface area contributed by atoms with Crippen molar-refractivity contribution in [3.8, 4) is 11.5 Å². The summed E-state index contributed by atoms with van der Waals surface area (Å²) in [5, 5.41) is 11.1. The third-order valence-corrected chi connectivity index (χ3v) is 6.35. The summed E-state index contributed by atoms with van der Waals surface area (Å²) in [6, 6.07) is 1.80. The van der Waals surface area contributed by atoms with Crippen molar-refractivity contribution >= 4 is 17.8 Å². The maximum Gasteiger partial charge on any atom is 0.410 e. The van der Waals surface area contributed by atoms with Crippen LogP contribution < -0.4 is 4.74 Å². The van der Waals surface area contributed by atoms with Crippen molar-refractivity contribution in [3.05, 3.63) is 46.7 Å². The van der Waals surface area contributed by atoms with Gasteiger partial charge in [-0.05, 0) is 42.2 Å². The van der Waals surface area contributed by atoms with Crippen LogP contribution in [0.1, 0.15) is 17.5 Å². The van der Waals surface area contributed by atoms with Crippen molar-refractivity contribution < 1.29 is 38.4 Å². The maximum atomic E-state index is 12.7. The van der Waals surface area contributed by atoms with Gasteiger partial charge in [-0.2, -0.15) is 0 Å². The van der Waals surface area contributed by atoms with Gasteiger partial charge in [0.15, 0.2) is 17.3 Å². The largest absolute Gasteiger partial charge is 0.504 e. The normalized spacial score (nSPS) is 26.1. The molecule has 1 unspecified atom stereocenters. The quantitative estimate of drug-likeness (QED) is 0.722. The number of methoxy groups -OCH3 is 4. The standard InChI is InChI=1S/C22H23NO8/c1-28-16-6-5-11-7-13-12-8-15(24)17(29-2)10-22(12,18(11)19(16)25)9-14(20(26)30-3)23(13)21(27)31-4/h5-6,8,10,13-14,25H,7,9H2,1-4H3/t13-,14?,22+/m1/s1. The lowest BCUT2D eigenvalue weighted by Crippen LogP contribution is -2.63. The van der Waals surface area contributed by atoms with Crippen LogP contribution in [0.5, 0.6) is 11.5 Å². The Hall–Kier alpha value is -3.49. The van der Waals surface area contributed by atoms with Crippen LogP contribution in [0.25, 0.3) is 0 Å². The van der Waals surface area contributed by atoms with Crippen LogP contribution in [-0.4, -0.2) is 68.4 Å². The molecule has 1 aliphatic heterocycles. The van der Waals surface area contributed by atoms with E-state index in [1.807, 2.05) is 6.07 Å². The highest BCUT2D eigenvalue weighted by atomic mass is 16.5. The Kier molecular flexibility index (Phi) is 4.91. The number of likely N-dealkylation sites (tertiary alicyclic amines) is 1. The number of nitrogens with zero attached hydrogens (tertiary/aromatic N) is 1. The van der Waals surface area contributed by atoms with Gasteiger partial charge in [0.25, 0.3) is 0 Å². The number of rotatable bonds is 3. The van der Waals surface area contributed by atoms with E-state index >= 15 is 0 Å². The van der Waals surface area contributed by atoms with Gasteiger partial charge in [-0.3, -0.25) is 9.69 Å². The molecule has 2 aliphatic carbocycles. The molecular formula is C22H23NO8. The Balaban J connectivity index is 2.05. The predicted molar refractivity (Wildman–Crippen MR) is 107 cm³/mol. The highest BCUT2D eigenvalue weighted by molar-refractivity contribution is 6.05. The average Bonchev–Trinajstić information content (AvgIpc) is 2.77. The van der Waals surface area contributed by atoms with E-state index in [1.165, 1.54) is 39.4 Å². The molecule has 1 saturated heterocycles. The van der Waals surface area contributed by atoms with E-state index in [2.05, 4.69) is 0 Å². The Morgan fingerprint density at radius 2 is 1.87 bits per heavy atom. The molecule has 2 bridgehead atoms. The second kappa shape index (κ2) is 7.33. The first-order valence-electron chi connectivity index (χ1n) is 9.69. The second-order valence-corrected chi connectivity index (χ2v) is 7.64. The number of ether oxygens (including phenoxy) is 4. The van der Waals surface area contributed by atoms with Crippen LogP contribution in [0, 0.1) is 0 Å². The van der Waals surface area contributed by atoms with Gasteiger partial charge in [-0.15, -0.1) is 0 Å². The molecule has 164 valence electrons. The van der Waals surface area contributed by atoms with Crippen molar-refractivity contribution in [3.63, 3.8) is 0 Å². The molecule has 0 spiro atoms. The molecular weight excluding hydrogens is 406 g/mol.